The van der Waals surface area contributed by atoms with E-state index in [0.29, 0.717) is 23.9 Å². The molecule has 0 spiro atoms. The van der Waals surface area contributed by atoms with Gasteiger partial charge in [0.15, 0.2) is 0 Å². The number of aromatic hydroxyl groups is 1. The van der Waals surface area contributed by atoms with Gasteiger partial charge in [-0.2, -0.15) is 0 Å². The van der Waals surface area contributed by atoms with Gasteiger partial charge in [0.05, 0.1) is 26.4 Å². The van der Waals surface area contributed by atoms with E-state index in [1.54, 1.807) is 44.6 Å². The normalized spacial score (nSPS) is 10.2. The molecular weight excluding hydrogens is 256 g/mol. The van der Waals surface area contributed by atoms with Crippen LogP contribution in [0, 0.1) is 6.07 Å². The Morgan fingerprint density at radius 2 is 1.70 bits per heavy atom. The van der Waals surface area contributed by atoms with Gasteiger partial charge in [0.1, 0.15) is 23.0 Å². The van der Waals surface area contributed by atoms with Crippen molar-refractivity contribution in [2.24, 2.45) is 0 Å². The molecule has 0 unspecified atom stereocenters. The molecule has 0 heterocycles. The number of benzene rings is 2. The maximum absolute atomic E-state index is 9.62. The molecule has 4 nitrogen and oxygen atoms in total. The minimum atomic E-state index is 0.151. The van der Waals surface area contributed by atoms with Crippen LogP contribution in [0.5, 0.6) is 23.0 Å². The van der Waals surface area contributed by atoms with Crippen molar-refractivity contribution >= 4 is 0 Å². The summed E-state index contributed by atoms with van der Waals surface area (Å²) in [6, 6.07) is 11.4. The zero-order chi connectivity index (χ0) is 14.5. The molecule has 0 amide bonds. The summed E-state index contributed by atoms with van der Waals surface area (Å²) in [5.74, 6) is 2.00. The van der Waals surface area contributed by atoms with Crippen molar-refractivity contribution in [1.82, 2.24) is 0 Å². The van der Waals surface area contributed by atoms with Gasteiger partial charge >= 0.3 is 0 Å². The Balaban J connectivity index is 2.67. The van der Waals surface area contributed by atoms with E-state index in [1.807, 2.05) is 6.92 Å². The van der Waals surface area contributed by atoms with Gasteiger partial charge in [0, 0.05) is 11.6 Å². The number of phenols is 1. The number of hydrogen-bond donors (Lipinski definition) is 1. The summed E-state index contributed by atoms with van der Waals surface area (Å²) in [6.07, 6.45) is 0. The molecule has 105 valence electrons. The third kappa shape index (κ3) is 2.64. The number of hydrogen-bond acceptors (Lipinski definition) is 4. The zero-order valence-electron chi connectivity index (χ0n) is 11.8. The van der Waals surface area contributed by atoms with E-state index in [1.165, 1.54) is 0 Å². The van der Waals surface area contributed by atoms with Crippen molar-refractivity contribution < 1.29 is 19.3 Å². The van der Waals surface area contributed by atoms with Crippen molar-refractivity contribution in [2.75, 3.05) is 20.8 Å². The van der Waals surface area contributed by atoms with Crippen LogP contribution in [-0.2, 0) is 0 Å². The van der Waals surface area contributed by atoms with Crippen molar-refractivity contribution in [3.63, 3.8) is 0 Å². The lowest BCUT2D eigenvalue weighted by Crippen LogP contribution is -1.97. The minimum Gasteiger partial charge on any atom is -0.508 e. The van der Waals surface area contributed by atoms with Crippen LogP contribution in [0.15, 0.2) is 30.3 Å². The van der Waals surface area contributed by atoms with Crippen LogP contribution in [0.1, 0.15) is 6.92 Å². The summed E-state index contributed by atoms with van der Waals surface area (Å²) < 4.78 is 16.3. The Morgan fingerprint density at radius 1 is 1.05 bits per heavy atom. The molecule has 2 rings (SSSR count). The SMILES string of the molecule is CCOc1cc(O)ccc1-c1c(OC)c[c]cc1OC. The fourth-order valence-corrected chi connectivity index (χ4v) is 2.04. The summed E-state index contributed by atoms with van der Waals surface area (Å²) in [4.78, 5) is 0. The minimum absolute atomic E-state index is 0.151. The molecule has 0 atom stereocenters. The molecule has 0 aromatic heterocycles. The van der Waals surface area contributed by atoms with Gasteiger partial charge in [-0.1, -0.05) is 0 Å². The van der Waals surface area contributed by atoms with Gasteiger partial charge in [0.25, 0.3) is 0 Å². The van der Waals surface area contributed by atoms with Gasteiger partial charge in [-0.3, -0.25) is 0 Å². The average Bonchev–Trinajstić information content (AvgIpc) is 2.47. The van der Waals surface area contributed by atoms with Crippen LogP contribution in [0.2, 0.25) is 0 Å². The molecule has 1 N–H and O–H groups in total. The third-order valence-corrected chi connectivity index (χ3v) is 2.90. The maximum atomic E-state index is 9.62. The smallest absolute Gasteiger partial charge is 0.131 e. The molecule has 2 aromatic carbocycles. The second-order valence-corrected chi connectivity index (χ2v) is 4.08. The highest BCUT2D eigenvalue weighted by molar-refractivity contribution is 5.81. The topological polar surface area (TPSA) is 47.9 Å². The van der Waals surface area contributed by atoms with Crippen LogP contribution < -0.4 is 14.2 Å². The van der Waals surface area contributed by atoms with Crippen LogP contribution in [0.4, 0.5) is 0 Å². The molecule has 0 aliphatic rings. The lowest BCUT2D eigenvalue weighted by molar-refractivity contribution is 0.338. The molecule has 1 radical (unpaired) electrons. The maximum Gasteiger partial charge on any atom is 0.131 e. The van der Waals surface area contributed by atoms with Gasteiger partial charge in [0.2, 0.25) is 0 Å². The van der Waals surface area contributed by atoms with Crippen LogP contribution in [0.3, 0.4) is 0 Å². The molecule has 4 heteroatoms. The van der Waals surface area contributed by atoms with Crippen molar-refractivity contribution in [1.29, 1.82) is 0 Å². The number of phenolic OH excluding ortho intramolecular Hbond substituents is 1. The second kappa shape index (κ2) is 6.19. The molecule has 0 aliphatic carbocycles. The van der Waals surface area contributed by atoms with E-state index in [0.717, 1.165) is 11.1 Å². The lowest BCUT2D eigenvalue weighted by Gasteiger charge is -2.16. The first-order chi connectivity index (χ1) is 9.71. The summed E-state index contributed by atoms with van der Waals surface area (Å²) in [7, 11) is 3.18. The quantitative estimate of drug-likeness (QED) is 0.908. The number of methoxy groups -OCH3 is 2. The molecule has 0 saturated heterocycles. The monoisotopic (exact) mass is 273 g/mol. The molecule has 2 aromatic rings. The van der Waals surface area contributed by atoms with Crippen LogP contribution >= 0.6 is 0 Å². The van der Waals surface area contributed by atoms with Crippen molar-refractivity contribution in [3.05, 3.63) is 36.4 Å². The average molecular weight is 273 g/mol. The summed E-state index contributed by atoms with van der Waals surface area (Å²) >= 11 is 0. The molecule has 0 bridgehead atoms. The van der Waals surface area contributed by atoms with Gasteiger partial charge in [-0.25, -0.2) is 0 Å². The Morgan fingerprint density at radius 3 is 2.25 bits per heavy atom. The van der Waals surface area contributed by atoms with Crippen molar-refractivity contribution in [2.45, 2.75) is 6.92 Å². The van der Waals surface area contributed by atoms with E-state index < -0.39 is 0 Å². The first-order valence-corrected chi connectivity index (χ1v) is 6.29. The predicted octanol–water partition coefficient (Wildman–Crippen LogP) is 3.28. The van der Waals surface area contributed by atoms with E-state index in [4.69, 9.17) is 14.2 Å². The fraction of sp³-hybridized carbons (Fsp3) is 0.250. The fourth-order valence-electron chi connectivity index (χ4n) is 2.04. The standard InChI is InChI=1S/C16H17O4/c1-4-20-15-10-11(17)8-9-12(15)16-13(18-2)6-5-7-14(16)19-3/h6-10,17H,4H2,1-3H3. The number of rotatable bonds is 5. The van der Waals surface area contributed by atoms with Crippen LogP contribution in [0.25, 0.3) is 11.1 Å². The van der Waals surface area contributed by atoms with E-state index in [9.17, 15) is 5.11 Å². The number of ether oxygens (including phenoxy) is 3. The molecule has 20 heavy (non-hydrogen) atoms. The molecule has 0 aliphatic heterocycles. The lowest BCUT2D eigenvalue weighted by atomic mass is 10.0. The van der Waals surface area contributed by atoms with Gasteiger partial charge in [-0.15, -0.1) is 0 Å². The third-order valence-electron chi connectivity index (χ3n) is 2.90. The Kier molecular flexibility index (Phi) is 4.35. The Hall–Kier alpha value is -2.36. The second-order valence-electron chi connectivity index (χ2n) is 4.08. The molecule has 0 saturated carbocycles. The van der Waals surface area contributed by atoms with E-state index >= 15 is 0 Å². The van der Waals surface area contributed by atoms with Crippen LogP contribution in [-0.4, -0.2) is 25.9 Å². The molecule has 0 fully saturated rings. The summed E-state index contributed by atoms with van der Waals surface area (Å²) in [6.45, 7) is 2.39. The zero-order valence-corrected chi connectivity index (χ0v) is 11.8. The summed E-state index contributed by atoms with van der Waals surface area (Å²) in [5.41, 5.74) is 1.57. The summed E-state index contributed by atoms with van der Waals surface area (Å²) in [5, 5.41) is 9.62. The van der Waals surface area contributed by atoms with E-state index in [-0.39, 0.29) is 5.75 Å². The molecular formula is C16H17O4. The Labute approximate surface area is 118 Å². The highest BCUT2D eigenvalue weighted by Crippen LogP contribution is 2.43. The Bertz CT molecular complexity index is 571. The van der Waals surface area contributed by atoms with Gasteiger partial charge < -0.3 is 19.3 Å². The first kappa shape index (κ1) is 14.1. The van der Waals surface area contributed by atoms with Crippen molar-refractivity contribution in [3.8, 4) is 34.1 Å². The largest absolute Gasteiger partial charge is 0.508 e. The highest BCUT2D eigenvalue weighted by atomic mass is 16.5. The first-order valence-electron chi connectivity index (χ1n) is 6.29. The predicted molar refractivity (Wildman–Crippen MR) is 76.7 cm³/mol. The van der Waals surface area contributed by atoms with Gasteiger partial charge in [-0.05, 0) is 37.3 Å². The van der Waals surface area contributed by atoms with E-state index in [2.05, 4.69) is 6.07 Å². The highest BCUT2D eigenvalue weighted by Gasteiger charge is 2.17.